The number of hydrogen-bond acceptors (Lipinski definition) is 4. The minimum Gasteiger partial charge on any atom is -0.388 e. The molecule has 0 saturated carbocycles. The molecule has 80 valence electrons. The van der Waals surface area contributed by atoms with Gasteiger partial charge in [-0.05, 0) is 7.05 Å². The Labute approximate surface area is 82.6 Å². The lowest BCUT2D eigenvalue weighted by atomic mass is 10.6. The van der Waals surface area contributed by atoms with E-state index in [0.717, 1.165) is 0 Å². The first-order chi connectivity index (χ1) is 6.59. The maximum atomic E-state index is 11.1. The zero-order valence-corrected chi connectivity index (χ0v) is 8.66. The normalized spacial score (nSPS) is 11.9. The summed E-state index contributed by atoms with van der Waals surface area (Å²) in [5.74, 6) is 0.448. The molecule has 1 aromatic heterocycles. The van der Waals surface area contributed by atoms with E-state index >= 15 is 0 Å². The van der Waals surface area contributed by atoms with Gasteiger partial charge in [-0.3, -0.25) is 0 Å². The van der Waals surface area contributed by atoms with Crippen LogP contribution in [-0.4, -0.2) is 35.9 Å². The fourth-order valence-electron chi connectivity index (χ4n) is 1.02. The van der Waals surface area contributed by atoms with E-state index in [1.165, 1.54) is 13.2 Å². The lowest BCUT2D eigenvalue weighted by Gasteiger charge is -2.05. The zero-order chi connectivity index (χ0) is 10.6. The van der Waals surface area contributed by atoms with Crippen molar-refractivity contribution in [2.24, 2.45) is 0 Å². The van der Waals surface area contributed by atoms with Gasteiger partial charge in [-0.15, -0.1) is 0 Å². The van der Waals surface area contributed by atoms with Crippen LogP contribution in [0.15, 0.2) is 12.4 Å². The van der Waals surface area contributed by atoms with Crippen molar-refractivity contribution in [2.45, 2.75) is 13.2 Å². The predicted octanol–water partition coefficient (Wildman–Crippen LogP) is -1.08. The number of aryl methyl sites for hydroxylation is 1. The highest BCUT2D eigenvalue weighted by Crippen LogP contribution is 1.98. The molecule has 6 nitrogen and oxygen atoms in total. The zero-order valence-electron chi connectivity index (χ0n) is 7.84. The molecule has 0 atom stereocenters. The number of hydrogen-bond donors (Lipinski definition) is 2. The van der Waals surface area contributed by atoms with Crippen LogP contribution in [0.25, 0.3) is 0 Å². The maximum absolute atomic E-state index is 11.1. The summed E-state index contributed by atoms with van der Waals surface area (Å²) in [7, 11) is -1.83. The number of nitrogens with one attached hydrogen (secondary N) is 1. The molecule has 0 aliphatic carbocycles. The van der Waals surface area contributed by atoms with Crippen LogP contribution >= 0.6 is 0 Å². The molecule has 0 aliphatic rings. The SMILES string of the molecule is CNS(=O)(=O)CCn1ccnc1CO. The molecule has 0 unspecified atom stereocenters. The van der Waals surface area contributed by atoms with Gasteiger partial charge >= 0.3 is 0 Å². The molecule has 7 heteroatoms. The minimum atomic E-state index is -3.20. The summed E-state index contributed by atoms with van der Waals surface area (Å²) in [6.45, 7) is 0.103. The summed E-state index contributed by atoms with van der Waals surface area (Å²) in [5.41, 5.74) is 0. The van der Waals surface area contributed by atoms with E-state index in [2.05, 4.69) is 9.71 Å². The second kappa shape index (κ2) is 4.54. The molecule has 0 aromatic carbocycles. The van der Waals surface area contributed by atoms with Gasteiger partial charge in [-0.25, -0.2) is 18.1 Å². The van der Waals surface area contributed by atoms with E-state index in [1.807, 2.05) is 0 Å². The monoisotopic (exact) mass is 219 g/mol. The Balaban J connectivity index is 2.62. The van der Waals surface area contributed by atoms with Crippen LogP contribution in [0.5, 0.6) is 0 Å². The number of aliphatic hydroxyl groups excluding tert-OH is 1. The van der Waals surface area contributed by atoms with Crippen molar-refractivity contribution in [2.75, 3.05) is 12.8 Å². The summed E-state index contributed by atoms with van der Waals surface area (Å²) >= 11 is 0. The first-order valence-electron chi connectivity index (χ1n) is 4.11. The molecule has 0 fully saturated rings. The topological polar surface area (TPSA) is 84.2 Å². The third-order valence-electron chi connectivity index (χ3n) is 1.86. The molecular formula is C7H13N3O3S. The van der Waals surface area contributed by atoms with Gasteiger partial charge in [-0.2, -0.15) is 0 Å². The highest BCUT2D eigenvalue weighted by Gasteiger charge is 2.08. The average Bonchev–Trinajstić information content (AvgIpc) is 2.62. The highest BCUT2D eigenvalue weighted by molar-refractivity contribution is 7.89. The van der Waals surface area contributed by atoms with Gasteiger partial charge in [0.15, 0.2) is 0 Å². The third-order valence-corrected chi connectivity index (χ3v) is 3.20. The Morgan fingerprint density at radius 2 is 2.36 bits per heavy atom. The van der Waals surface area contributed by atoms with Gasteiger partial charge in [0, 0.05) is 18.9 Å². The van der Waals surface area contributed by atoms with Gasteiger partial charge in [-0.1, -0.05) is 0 Å². The quantitative estimate of drug-likeness (QED) is 0.660. The Morgan fingerprint density at radius 3 is 2.93 bits per heavy atom. The molecule has 0 spiro atoms. The fraction of sp³-hybridized carbons (Fsp3) is 0.571. The van der Waals surface area contributed by atoms with Crippen molar-refractivity contribution >= 4 is 10.0 Å². The molecule has 2 N–H and O–H groups in total. The van der Waals surface area contributed by atoms with Crippen LogP contribution in [0.1, 0.15) is 5.82 Å². The summed E-state index contributed by atoms with van der Waals surface area (Å²) in [6, 6.07) is 0. The number of sulfonamides is 1. The van der Waals surface area contributed by atoms with Gasteiger partial charge in [0.25, 0.3) is 0 Å². The number of aromatic nitrogens is 2. The Kier molecular flexibility index (Phi) is 3.62. The van der Waals surface area contributed by atoms with Crippen molar-refractivity contribution in [1.29, 1.82) is 0 Å². The Bertz CT molecular complexity index is 385. The smallest absolute Gasteiger partial charge is 0.213 e. The van der Waals surface area contributed by atoms with E-state index in [-0.39, 0.29) is 12.4 Å². The van der Waals surface area contributed by atoms with E-state index in [9.17, 15) is 8.42 Å². The second-order valence-corrected chi connectivity index (χ2v) is 4.76. The van der Waals surface area contributed by atoms with Crippen molar-refractivity contribution < 1.29 is 13.5 Å². The van der Waals surface area contributed by atoms with Gasteiger partial charge in [0.05, 0.1) is 5.75 Å². The molecule has 0 radical (unpaired) electrons. The van der Waals surface area contributed by atoms with Crippen LogP contribution in [0.4, 0.5) is 0 Å². The Hall–Kier alpha value is -0.920. The van der Waals surface area contributed by atoms with Crippen LogP contribution in [0.3, 0.4) is 0 Å². The van der Waals surface area contributed by atoms with Crippen LogP contribution < -0.4 is 4.72 Å². The standard InChI is InChI=1S/C7H13N3O3S/c1-8-14(12,13)5-4-10-3-2-9-7(10)6-11/h2-3,8,11H,4-6H2,1H3. The van der Waals surface area contributed by atoms with Crippen LogP contribution in [0, 0.1) is 0 Å². The average molecular weight is 219 g/mol. The first-order valence-corrected chi connectivity index (χ1v) is 5.76. The van der Waals surface area contributed by atoms with Crippen molar-refractivity contribution in [1.82, 2.24) is 14.3 Å². The molecular weight excluding hydrogens is 206 g/mol. The van der Waals surface area contributed by atoms with E-state index in [1.54, 1.807) is 10.8 Å². The van der Waals surface area contributed by atoms with Crippen LogP contribution in [0.2, 0.25) is 0 Å². The number of imidazole rings is 1. The molecule has 1 rings (SSSR count). The molecule has 0 amide bonds. The van der Waals surface area contributed by atoms with Gasteiger partial charge in [0.1, 0.15) is 12.4 Å². The van der Waals surface area contributed by atoms with Gasteiger partial charge < -0.3 is 9.67 Å². The number of nitrogens with zero attached hydrogens (tertiary/aromatic N) is 2. The van der Waals surface area contributed by atoms with Crippen LogP contribution in [-0.2, 0) is 23.2 Å². The second-order valence-electron chi connectivity index (χ2n) is 2.72. The molecule has 0 aliphatic heterocycles. The number of aliphatic hydroxyl groups is 1. The van der Waals surface area contributed by atoms with Gasteiger partial charge in [0.2, 0.25) is 10.0 Å². The summed E-state index contributed by atoms with van der Waals surface area (Å²) in [5, 5.41) is 8.85. The van der Waals surface area contributed by atoms with Crippen molar-refractivity contribution in [3.63, 3.8) is 0 Å². The maximum Gasteiger partial charge on any atom is 0.213 e. The van der Waals surface area contributed by atoms with Crippen molar-refractivity contribution in [3.05, 3.63) is 18.2 Å². The molecule has 14 heavy (non-hydrogen) atoms. The summed E-state index contributed by atoms with van der Waals surface area (Å²) in [4.78, 5) is 3.86. The third kappa shape index (κ3) is 2.79. The lowest BCUT2D eigenvalue weighted by molar-refractivity contribution is 0.265. The predicted molar refractivity (Wildman–Crippen MR) is 51.0 cm³/mol. The molecule has 1 aromatic rings. The highest BCUT2D eigenvalue weighted by atomic mass is 32.2. The molecule has 0 saturated heterocycles. The largest absolute Gasteiger partial charge is 0.388 e. The van der Waals surface area contributed by atoms with Crippen molar-refractivity contribution in [3.8, 4) is 0 Å². The summed E-state index contributed by atoms with van der Waals surface area (Å²) in [6.07, 6.45) is 3.16. The Morgan fingerprint density at radius 1 is 1.64 bits per heavy atom. The van der Waals surface area contributed by atoms with E-state index in [4.69, 9.17) is 5.11 Å². The lowest BCUT2D eigenvalue weighted by Crippen LogP contribution is -2.25. The first kappa shape index (κ1) is 11.2. The summed E-state index contributed by atoms with van der Waals surface area (Å²) < 4.78 is 26.0. The number of rotatable bonds is 5. The molecule has 0 bridgehead atoms. The molecule has 1 heterocycles. The van der Waals surface area contributed by atoms with E-state index < -0.39 is 10.0 Å². The van der Waals surface area contributed by atoms with E-state index in [0.29, 0.717) is 12.4 Å². The minimum absolute atomic E-state index is 0.0210. The fourth-order valence-corrected chi connectivity index (χ4v) is 1.66.